The van der Waals surface area contributed by atoms with Crippen molar-refractivity contribution in [1.82, 2.24) is 10.2 Å². The van der Waals surface area contributed by atoms with Crippen molar-refractivity contribution >= 4 is 6.03 Å². The lowest BCUT2D eigenvalue weighted by Gasteiger charge is -2.28. The summed E-state index contributed by atoms with van der Waals surface area (Å²) in [6.45, 7) is 0. The smallest absolute Gasteiger partial charge is 0.317 e. The van der Waals surface area contributed by atoms with Gasteiger partial charge in [-0.15, -0.1) is 0 Å². The van der Waals surface area contributed by atoms with Crippen molar-refractivity contribution in [3.8, 4) is 0 Å². The van der Waals surface area contributed by atoms with E-state index in [1.807, 2.05) is 11.9 Å². The van der Waals surface area contributed by atoms with Gasteiger partial charge in [0, 0.05) is 19.1 Å². The van der Waals surface area contributed by atoms with Gasteiger partial charge in [-0.3, -0.25) is 0 Å². The minimum atomic E-state index is 0.156. The van der Waals surface area contributed by atoms with Crippen LogP contribution in [0.2, 0.25) is 0 Å². The number of carbonyl (C=O) groups is 1. The molecule has 0 atom stereocenters. The van der Waals surface area contributed by atoms with Gasteiger partial charge in [-0.05, 0) is 25.7 Å². The fraction of sp³-hybridized carbons (Fsp3) is 0.929. The SMILES string of the molecule is CN(C(=O)NC1CCCC1)C1CCCCCC1. The van der Waals surface area contributed by atoms with Crippen LogP contribution < -0.4 is 5.32 Å². The fourth-order valence-corrected chi connectivity index (χ4v) is 3.16. The molecule has 0 saturated heterocycles. The highest BCUT2D eigenvalue weighted by molar-refractivity contribution is 5.74. The second-order valence-electron chi connectivity index (χ2n) is 5.69. The lowest BCUT2D eigenvalue weighted by atomic mass is 10.1. The third kappa shape index (κ3) is 3.62. The van der Waals surface area contributed by atoms with Crippen molar-refractivity contribution < 1.29 is 4.79 Å². The lowest BCUT2D eigenvalue weighted by molar-refractivity contribution is 0.180. The largest absolute Gasteiger partial charge is 0.335 e. The van der Waals surface area contributed by atoms with Gasteiger partial charge >= 0.3 is 6.03 Å². The number of hydrogen-bond donors (Lipinski definition) is 1. The van der Waals surface area contributed by atoms with E-state index in [9.17, 15) is 4.79 Å². The van der Waals surface area contributed by atoms with Crippen LogP contribution in [0.4, 0.5) is 4.79 Å². The molecular formula is C14H26N2O. The molecule has 0 aromatic heterocycles. The van der Waals surface area contributed by atoms with Gasteiger partial charge in [-0.25, -0.2) is 4.79 Å². The molecule has 2 saturated carbocycles. The zero-order valence-corrected chi connectivity index (χ0v) is 11.1. The zero-order valence-electron chi connectivity index (χ0n) is 11.1. The Balaban J connectivity index is 1.80. The number of amides is 2. The highest BCUT2D eigenvalue weighted by Gasteiger charge is 2.24. The molecule has 3 nitrogen and oxygen atoms in total. The van der Waals surface area contributed by atoms with Crippen LogP contribution in [-0.2, 0) is 0 Å². The molecule has 0 unspecified atom stereocenters. The molecule has 2 rings (SSSR count). The Kier molecular flexibility index (Phi) is 4.69. The van der Waals surface area contributed by atoms with E-state index in [0.717, 1.165) is 0 Å². The first-order chi connectivity index (χ1) is 8.27. The van der Waals surface area contributed by atoms with Crippen molar-refractivity contribution in [1.29, 1.82) is 0 Å². The number of rotatable bonds is 2. The van der Waals surface area contributed by atoms with Crippen LogP contribution in [0, 0.1) is 0 Å². The summed E-state index contributed by atoms with van der Waals surface area (Å²) in [6.07, 6.45) is 12.5. The van der Waals surface area contributed by atoms with Crippen LogP contribution in [0.25, 0.3) is 0 Å². The van der Waals surface area contributed by atoms with E-state index in [0.29, 0.717) is 12.1 Å². The van der Waals surface area contributed by atoms with Crippen molar-refractivity contribution in [2.24, 2.45) is 0 Å². The molecular weight excluding hydrogens is 212 g/mol. The molecule has 1 N–H and O–H groups in total. The molecule has 17 heavy (non-hydrogen) atoms. The Hall–Kier alpha value is -0.730. The van der Waals surface area contributed by atoms with E-state index in [4.69, 9.17) is 0 Å². The maximum atomic E-state index is 12.1. The van der Waals surface area contributed by atoms with Crippen LogP contribution in [0.15, 0.2) is 0 Å². The second kappa shape index (κ2) is 6.27. The van der Waals surface area contributed by atoms with Crippen molar-refractivity contribution in [2.75, 3.05) is 7.05 Å². The van der Waals surface area contributed by atoms with Crippen molar-refractivity contribution in [3.63, 3.8) is 0 Å². The van der Waals surface area contributed by atoms with E-state index in [1.54, 1.807) is 0 Å². The molecule has 0 bridgehead atoms. The minimum Gasteiger partial charge on any atom is -0.335 e. The molecule has 0 aliphatic heterocycles. The third-order valence-electron chi connectivity index (χ3n) is 4.38. The summed E-state index contributed by atoms with van der Waals surface area (Å²) in [4.78, 5) is 14.1. The predicted octanol–water partition coefficient (Wildman–Crippen LogP) is 3.29. The molecule has 2 fully saturated rings. The number of carbonyl (C=O) groups excluding carboxylic acids is 1. The number of nitrogens with zero attached hydrogens (tertiary/aromatic N) is 1. The van der Waals surface area contributed by atoms with Gasteiger partial charge < -0.3 is 10.2 Å². The lowest BCUT2D eigenvalue weighted by Crippen LogP contribution is -2.46. The number of nitrogens with one attached hydrogen (secondary N) is 1. The molecule has 2 aliphatic rings. The maximum absolute atomic E-state index is 12.1. The molecule has 3 heteroatoms. The van der Waals surface area contributed by atoms with E-state index < -0.39 is 0 Å². The summed E-state index contributed by atoms with van der Waals surface area (Å²) >= 11 is 0. The van der Waals surface area contributed by atoms with E-state index in [1.165, 1.54) is 64.2 Å². The normalized spacial score (nSPS) is 23.4. The molecule has 0 heterocycles. The first kappa shape index (κ1) is 12.7. The first-order valence-corrected chi connectivity index (χ1v) is 7.30. The van der Waals surface area contributed by atoms with Crippen LogP contribution in [0.5, 0.6) is 0 Å². The van der Waals surface area contributed by atoms with Gasteiger partial charge in [0.2, 0.25) is 0 Å². The molecule has 98 valence electrons. The summed E-state index contributed by atoms with van der Waals surface area (Å²) in [7, 11) is 1.97. The highest BCUT2D eigenvalue weighted by Crippen LogP contribution is 2.22. The topological polar surface area (TPSA) is 32.3 Å². The van der Waals surface area contributed by atoms with E-state index in [2.05, 4.69) is 5.32 Å². The monoisotopic (exact) mass is 238 g/mol. The van der Waals surface area contributed by atoms with Crippen LogP contribution in [0.3, 0.4) is 0 Å². The predicted molar refractivity (Wildman–Crippen MR) is 70.0 cm³/mol. The zero-order chi connectivity index (χ0) is 12.1. The Labute approximate surface area is 105 Å². The molecule has 2 amide bonds. The molecule has 0 aromatic carbocycles. The van der Waals surface area contributed by atoms with Gasteiger partial charge in [0.25, 0.3) is 0 Å². The van der Waals surface area contributed by atoms with Gasteiger partial charge in [0.05, 0.1) is 0 Å². The number of hydrogen-bond acceptors (Lipinski definition) is 1. The Morgan fingerprint density at radius 1 is 0.941 bits per heavy atom. The summed E-state index contributed by atoms with van der Waals surface area (Å²) < 4.78 is 0. The molecule has 2 aliphatic carbocycles. The Morgan fingerprint density at radius 3 is 2.06 bits per heavy atom. The average molecular weight is 238 g/mol. The summed E-state index contributed by atoms with van der Waals surface area (Å²) in [5.74, 6) is 0. The molecule has 0 spiro atoms. The Bertz CT molecular complexity index is 241. The van der Waals surface area contributed by atoms with Crippen LogP contribution in [-0.4, -0.2) is 30.1 Å². The van der Waals surface area contributed by atoms with Gasteiger partial charge in [0.15, 0.2) is 0 Å². The quantitative estimate of drug-likeness (QED) is 0.736. The van der Waals surface area contributed by atoms with Gasteiger partial charge in [0.1, 0.15) is 0 Å². The Morgan fingerprint density at radius 2 is 1.47 bits per heavy atom. The summed E-state index contributed by atoms with van der Waals surface area (Å²) in [5, 5.41) is 3.18. The highest BCUT2D eigenvalue weighted by atomic mass is 16.2. The first-order valence-electron chi connectivity index (χ1n) is 7.30. The minimum absolute atomic E-state index is 0.156. The van der Waals surface area contributed by atoms with E-state index in [-0.39, 0.29) is 6.03 Å². The fourth-order valence-electron chi connectivity index (χ4n) is 3.16. The third-order valence-corrected chi connectivity index (χ3v) is 4.38. The van der Waals surface area contributed by atoms with Crippen molar-refractivity contribution in [3.05, 3.63) is 0 Å². The standard InChI is InChI=1S/C14H26N2O/c1-16(13-10-4-2-3-5-11-13)14(17)15-12-8-6-7-9-12/h12-13H,2-11H2,1H3,(H,15,17). The van der Waals surface area contributed by atoms with Gasteiger partial charge in [-0.1, -0.05) is 38.5 Å². The maximum Gasteiger partial charge on any atom is 0.317 e. The van der Waals surface area contributed by atoms with Crippen molar-refractivity contribution in [2.45, 2.75) is 76.3 Å². The average Bonchev–Trinajstić information content (AvgIpc) is 2.68. The molecule has 0 aromatic rings. The summed E-state index contributed by atoms with van der Waals surface area (Å²) in [6, 6.07) is 1.07. The van der Waals surface area contributed by atoms with E-state index >= 15 is 0 Å². The summed E-state index contributed by atoms with van der Waals surface area (Å²) in [5.41, 5.74) is 0. The van der Waals surface area contributed by atoms with Crippen LogP contribution >= 0.6 is 0 Å². The van der Waals surface area contributed by atoms with Gasteiger partial charge in [-0.2, -0.15) is 0 Å². The molecule has 0 radical (unpaired) electrons. The number of urea groups is 1. The van der Waals surface area contributed by atoms with Crippen LogP contribution in [0.1, 0.15) is 64.2 Å². The second-order valence-corrected chi connectivity index (χ2v) is 5.69.